The molecule has 13 heteroatoms. The summed E-state index contributed by atoms with van der Waals surface area (Å²) in [5, 5.41) is 10.2. The lowest BCUT2D eigenvalue weighted by molar-refractivity contribution is -0.129. The third kappa shape index (κ3) is 4.00. The summed E-state index contributed by atoms with van der Waals surface area (Å²) in [5.41, 5.74) is -0.966. The molecule has 0 radical (unpaired) electrons. The van der Waals surface area contributed by atoms with Crippen LogP contribution in [0.3, 0.4) is 0 Å². The van der Waals surface area contributed by atoms with Gasteiger partial charge in [0, 0.05) is 5.92 Å². The molecular weight excluding hydrogens is 626 g/mol. The normalized spacial score (nSPS) is 23.8. The molecule has 2 amide bonds. The fourth-order valence-electron chi connectivity index (χ4n) is 7.24. The molecule has 3 heterocycles. The minimum absolute atomic E-state index is 0.0237. The number of phenols is 1. The van der Waals surface area contributed by atoms with E-state index in [4.69, 9.17) is 27.9 Å². The van der Waals surface area contributed by atoms with Gasteiger partial charge in [0.25, 0.3) is 0 Å². The summed E-state index contributed by atoms with van der Waals surface area (Å²) in [6.45, 7) is 1.71. The van der Waals surface area contributed by atoms with Crippen LogP contribution in [-0.2, 0) is 16.1 Å². The second-order valence-corrected chi connectivity index (χ2v) is 12.3. The highest BCUT2D eigenvalue weighted by atomic mass is 35.5. The molecule has 1 N–H and O–H groups in total. The lowest BCUT2D eigenvalue weighted by Crippen LogP contribution is -2.49. The number of carbonyl (C=O) groups excluding carboxylic acids is 2. The fourth-order valence-corrected chi connectivity index (χ4v) is 7.64. The third-order valence-corrected chi connectivity index (χ3v) is 9.90. The van der Waals surface area contributed by atoms with Crippen LogP contribution in [0.25, 0.3) is 5.69 Å². The quantitative estimate of drug-likeness (QED) is 0.250. The number of aromatic hydroxyl groups is 1. The number of ether oxygens (including phenoxy) is 1. The zero-order valence-electron chi connectivity index (χ0n) is 23.9. The molecule has 3 aromatic carbocycles. The van der Waals surface area contributed by atoms with Gasteiger partial charge in [-0.25, -0.2) is 32.8 Å². The SMILES string of the molecule is COc1cc([C@H]2C3=CCn4c(=O)n(-c5ccccc5)c(=O)n4[C@@H]3C[C@H]3C(=O)N(c4ccc(F)c(Cl)c4)C(=O)[C@@]23C)cc(Cl)c1O. The number of imide groups is 1. The summed E-state index contributed by atoms with van der Waals surface area (Å²) in [6, 6.07) is 14.4. The van der Waals surface area contributed by atoms with Crippen LogP contribution in [0.15, 0.2) is 81.9 Å². The highest BCUT2D eigenvalue weighted by molar-refractivity contribution is 6.32. The van der Waals surface area contributed by atoms with Gasteiger partial charge in [0.1, 0.15) is 5.82 Å². The van der Waals surface area contributed by atoms with Crippen molar-refractivity contribution in [2.75, 3.05) is 12.0 Å². The highest BCUT2D eigenvalue weighted by Crippen LogP contribution is 2.62. The van der Waals surface area contributed by atoms with Gasteiger partial charge < -0.3 is 9.84 Å². The average molecular weight is 651 g/mol. The number of benzene rings is 3. The van der Waals surface area contributed by atoms with Gasteiger partial charge in [0.05, 0.1) is 52.4 Å². The first-order chi connectivity index (χ1) is 21.5. The van der Waals surface area contributed by atoms with Crippen molar-refractivity contribution in [2.45, 2.75) is 31.8 Å². The number of rotatable bonds is 4. The Balaban J connectivity index is 1.46. The molecule has 2 aliphatic heterocycles. The Bertz CT molecular complexity index is 2090. The van der Waals surface area contributed by atoms with Gasteiger partial charge >= 0.3 is 11.4 Å². The summed E-state index contributed by atoms with van der Waals surface area (Å²) in [7, 11) is 1.36. The summed E-state index contributed by atoms with van der Waals surface area (Å²) in [5.74, 6) is -3.88. The topological polar surface area (TPSA) is 116 Å². The van der Waals surface area contributed by atoms with Crippen molar-refractivity contribution in [1.82, 2.24) is 13.9 Å². The number of nitrogens with zero attached hydrogens (tertiary/aromatic N) is 4. The molecule has 4 aromatic rings. The van der Waals surface area contributed by atoms with Crippen molar-refractivity contribution < 1.29 is 23.8 Å². The molecule has 45 heavy (non-hydrogen) atoms. The number of hydrogen-bond acceptors (Lipinski definition) is 6. The van der Waals surface area contributed by atoms with E-state index in [1.807, 2.05) is 0 Å². The molecule has 3 aliphatic rings. The Labute approximate surface area is 265 Å². The summed E-state index contributed by atoms with van der Waals surface area (Å²) in [6.07, 6.45) is 1.82. The number of allylic oxidation sites excluding steroid dienone is 2. The number of carbonyl (C=O) groups is 2. The maximum atomic E-state index is 14.5. The van der Waals surface area contributed by atoms with E-state index < -0.39 is 52.3 Å². The van der Waals surface area contributed by atoms with Crippen LogP contribution in [0.1, 0.15) is 30.9 Å². The number of phenolic OH excluding ortho intramolecular Hbond substituents is 1. The Morgan fingerprint density at radius 2 is 1.69 bits per heavy atom. The summed E-state index contributed by atoms with van der Waals surface area (Å²) in [4.78, 5) is 57.3. The smallest absolute Gasteiger partial charge is 0.352 e. The third-order valence-electron chi connectivity index (χ3n) is 9.32. The van der Waals surface area contributed by atoms with Crippen LogP contribution < -0.4 is 21.0 Å². The standard InChI is InChI=1S/C32H25Cl2FN4O6/c1-32-20(28(41)37(29(32)42)18-8-9-23(35)21(33)14-18)15-24-19(26(32)16-12-22(34)27(40)25(13-16)45-2)10-11-36-30(43)38(31(44)39(24)36)17-6-4-3-5-7-17/h3-10,12-14,20,24,26,40H,11,15H2,1-2H3/t20-,24+,26-,32+/m0/s1. The van der Waals surface area contributed by atoms with Crippen LogP contribution >= 0.6 is 23.2 Å². The van der Waals surface area contributed by atoms with Crippen LogP contribution in [0.5, 0.6) is 11.5 Å². The van der Waals surface area contributed by atoms with Crippen molar-refractivity contribution in [3.8, 4) is 17.2 Å². The van der Waals surface area contributed by atoms with E-state index in [0.717, 1.165) is 15.5 Å². The second kappa shape index (κ2) is 10.2. The number of hydrogen-bond donors (Lipinski definition) is 1. The van der Waals surface area contributed by atoms with Gasteiger partial charge in [-0.15, -0.1) is 0 Å². The monoisotopic (exact) mass is 650 g/mol. The molecule has 0 spiro atoms. The lowest BCUT2D eigenvalue weighted by atomic mass is 9.56. The minimum atomic E-state index is -1.42. The van der Waals surface area contributed by atoms with E-state index in [1.165, 1.54) is 34.7 Å². The molecule has 7 rings (SSSR count). The molecule has 1 aromatic heterocycles. The van der Waals surface area contributed by atoms with Crippen molar-refractivity contribution in [3.63, 3.8) is 0 Å². The van der Waals surface area contributed by atoms with Gasteiger partial charge in [-0.2, -0.15) is 0 Å². The van der Waals surface area contributed by atoms with Gasteiger partial charge in [-0.3, -0.25) is 9.59 Å². The van der Waals surface area contributed by atoms with E-state index in [1.54, 1.807) is 49.4 Å². The van der Waals surface area contributed by atoms with E-state index in [9.17, 15) is 28.7 Å². The lowest BCUT2D eigenvalue weighted by Gasteiger charge is -2.47. The van der Waals surface area contributed by atoms with E-state index in [-0.39, 0.29) is 40.2 Å². The Morgan fingerprint density at radius 3 is 2.38 bits per heavy atom. The number of methoxy groups -OCH3 is 1. The Kier molecular flexibility index (Phi) is 6.61. The van der Waals surface area contributed by atoms with E-state index in [0.29, 0.717) is 16.8 Å². The number of amides is 2. The first kappa shape index (κ1) is 29.1. The zero-order valence-corrected chi connectivity index (χ0v) is 25.4. The number of anilines is 1. The molecular formula is C32H25Cl2FN4O6. The average Bonchev–Trinajstić information content (AvgIpc) is 3.39. The van der Waals surface area contributed by atoms with Crippen LogP contribution in [0.4, 0.5) is 10.1 Å². The van der Waals surface area contributed by atoms with Crippen molar-refractivity contribution >= 4 is 40.7 Å². The summed E-state index contributed by atoms with van der Waals surface area (Å²) >= 11 is 12.5. The number of para-hydroxylation sites is 1. The predicted octanol–water partition coefficient (Wildman–Crippen LogP) is 4.83. The first-order valence-electron chi connectivity index (χ1n) is 14.1. The van der Waals surface area contributed by atoms with E-state index >= 15 is 0 Å². The molecule has 0 unspecified atom stereocenters. The maximum absolute atomic E-state index is 14.5. The molecule has 230 valence electrons. The molecule has 1 saturated carbocycles. The highest BCUT2D eigenvalue weighted by Gasteiger charge is 2.65. The maximum Gasteiger partial charge on any atom is 0.352 e. The molecule has 2 fully saturated rings. The zero-order chi connectivity index (χ0) is 31.9. The number of halogens is 3. The van der Waals surface area contributed by atoms with E-state index in [2.05, 4.69) is 0 Å². The van der Waals surface area contributed by atoms with Crippen molar-refractivity contribution in [2.24, 2.45) is 11.3 Å². The van der Waals surface area contributed by atoms with Gasteiger partial charge in [0.2, 0.25) is 11.8 Å². The second-order valence-electron chi connectivity index (χ2n) is 11.5. The first-order valence-corrected chi connectivity index (χ1v) is 14.8. The summed E-state index contributed by atoms with van der Waals surface area (Å²) < 4.78 is 23.2. The molecule has 10 nitrogen and oxygen atoms in total. The van der Waals surface area contributed by atoms with Crippen LogP contribution in [-0.4, -0.2) is 38.0 Å². The van der Waals surface area contributed by atoms with Crippen LogP contribution in [0, 0.1) is 17.2 Å². The Morgan fingerprint density at radius 1 is 0.956 bits per heavy atom. The van der Waals surface area contributed by atoms with Gasteiger partial charge in [-0.05, 0) is 66.9 Å². The molecule has 1 aliphatic carbocycles. The van der Waals surface area contributed by atoms with Crippen LogP contribution in [0.2, 0.25) is 10.0 Å². The van der Waals surface area contributed by atoms with Crippen molar-refractivity contribution in [3.05, 3.63) is 115 Å². The molecule has 4 atom stereocenters. The fraction of sp³-hybridized carbons (Fsp3) is 0.250. The number of aromatic nitrogens is 3. The number of fused-ring (bicyclic) bond motifs is 4. The molecule has 0 bridgehead atoms. The van der Waals surface area contributed by atoms with Gasteiger partial charge in [0.15, 0.2) is 11.5 Å². The Hall–Kier alpha value is -4.61. The van der Waals surface area contributed by atoms with Crippen molar-refractivity contribution in [1.29, 1.82) is 0 Å². The largest absolute Gasteiger partial charge is 0.503 e. The molecule has 1 saturated heterocycles. The predicted molar refractivity (Wildman–Crippen MR) is 164 cm³/mol. The van der Waals surface area contributed by atoms with Gasteiger partial charge in [-0.1, -0.05) is 47.5 Å². The minimum Gasteiger partial charge on any atom is -0.503 e.